The third-order valence-electron chi connectivity index (χ3n) is 5.07. The molecule has 1 atom stereocenters. The maximum Gasteiger partial charge on any atom is 0.240 e. The molecule has 0 bridgehead atoms. The molecule has 0 radical (unpaired) electrons. The molecule has 156 valence electrons. The summed E-state index contributed by atoms with van der Waals surface area (Å²) < 4.78 is 32.3. The highest BCUT2D eigenvalue weighted by Crippen LogP contribution is 2.31. The Morgan fingerprint density at radius 3 is 2.52 bits per heavy atom. The number of sulfonamides is 1. The van der Waals surface area contributed by atoms with Crippen LogP contribution in [-0.2, 0) is 19.6 Å². The lowest BCUT2D eigenvalue weighted by Crippen LogP contribution is -2.26. The van der Waals surface area contributed by atoms with Crippen LogP contribution in [0.25, 0.3) is 0 Å². The summed E-state index contributed by atoms with van der Waals surface area (Å²) in [5.41, 5.74) is 0.792. The minimum Gasteiger partial charge on any atom is -0.381 e. The number of hydrogen-bond acceptors (Lipinski definition) is 5. The maximum atomic E-state index is 13.1. The van der Waals surface area contributed by atoms with E-state index in [0.717, 1.165) is 18.4 Å². The summed E-state index contributed by atoms with van der Waals surface area (Å²) in [6.45, 7) is 3.47. The van der Waals surface area contributed by atoms with E-state index in [2.05, 4.69) is 15.0 Å². The average Bonchev–Trinajstić information content (AvgIpc) is 2.73. The molecule has 2 heterocycles. The summed E-state index contributed by atoms with van der Waals surface area (Å²) in [4.78, 5) is 17.4. The number of hydrogen-bond donors (Lipinski definition) is 2. The molecule has 1 aliphatic heterocycles. The van der Waals surface area contributed by atoms with Crippen LogP contribution in [0.3, 0.4) is 0 Å². The summed E-state index contributed by atoms with van der Waals surface area (Å²) in [7, 11) is -3.53. The minimum atomic E-state index is -3.53. The van der Waals surface area contributed by atoms with Crippen LogP contribution in [0, 0.1) is 5.92 Å². The smallest absolute Gasteiger partial charge is 0.240 e. The van der Waals surface area contributed by atoms with Crippen molar-refractivity contribution in [3.05, 3.63) is 54.2 Å². The van der Waals surface area contributed by atoms with Crippen LogP contribution in [-0.4, -0.2) is 39.1 Å². The van der Waals surface area contributed by atoms with Gasteiger partial charge in [-0.3, -0.25) is 4.79 Å². The first-order valence-corrected chi connectivity index (χ1v) is 11.4. The first-order valence-electron chi connectivity index (χ1n) is 9.89. The lowest BCUT2D eigenvalue weighted by molar-refractivity contribution is -0.118. The number of aromatic nitrogens is 1. The van der Waals surface area contributed by atoms with Gasteiger partial charge in [0.15, 0.2) is 0 Å². The molecule has 1 unspecified atom stereocenters. The van der Waals surface area contributed by atoms with Gasteiger partial charge in [0.2, 0.25) is 15.9 Å². The third kappa shape index (κ3) is 5.85. The fraction of sp³-hybridized carbons (Fsp3) is 0.429. The van der Waals surface area contributed by atoms with Gasteiger partial charge in [-0.15, -0.1) is 0 Å². The number of ether oxygens (including phenoxy) is 1. The first kappa shape index (κ1) is 21.4. The fourth-order valence-electron chi connectivity index (χ4n) is 3.51. The Balaban J connectivity index is 1.82. The SMILES string of the molecule is CCNS(=O)(=O)c1ccc(C(CC2CCOCC2)C(=O)Nc2ccccn2)cc1. The second-order valence-electron chi connectivity index (χ2n) is 7.12. The largest absolute Gasteiger partial charge is 0.381 e. The van der Waals surface area contributed by atoms with E-state index in [1.165, 1.54) is 0 Å². The van der Waals surface area contributed by atoms with Crippen molar-refractivity contribution in [3.63, 3.8) is 0 Å². The Morgan fingerprint density at radius 1 is 1.17 bits per heavy atom. The molecule has 0 aliphatic carbocycles. The van der Waals surface area contributed by atoms with Gasteiger partial charge in [-0.1, -0.05) is 25.1 Å². The zero-order chi connectivity index (χ0) is 20.7. The summed E-state index contributed by atoms with van der Waals surface area (Å²) >= 11 is 0. The lowest BCUT2D eigenvalue weighted by atomic mass is 9.84. The van der Waals surface area contributed by atoms with Gasteiger partial charge in [-0.05, 0) is 55.0 Å². The van der Waals surface area contributed by atoms with E-state index in [1.54, 1.807) is 49.5 Å². The van der Waals surface area contributed by atoms with Gasteiger partial charge in [-0.2, -0.15) is 0 Å². The highest BCUT2D eigenvalue weighted by Gasteiger charge is 2.27. The van der Waals surface area contributed by atoms with Crippen LogP contribution < -0.4 is 10.0 Å². The van der Waals surface area contributed by atoms with Gasteiger partial charge >= 0.3 is 0 Å². The summed E-state index contributed by atoms with van der Waals surface area (Å²) in [6, 6.07) is 11.9. The normalized spacial score (nSPS) is 16.3. The number of anilines is 1. The topological polar surface area (TPSA) is 97.4 Å². The molecule has 0 spiro atoms. The van der Waals surface area contributed by atoms with E-state index in [9.17, 15) is 13.2 Å². The molecule has 1 saturated heterocycles. The van der Waals surface area contributed by atoms with Crippen LogP contribution in [0.4, 0.5) is 5.82 Å². The molecule has 2 aromatic rings. The van der Waals surface area contributed by atoms with Gasteiger partial charge in [0.1, 0.15) is 5.82 Å². The van der Waals surface area contributed by atoms with Gasteiger partial charge < -0.3 is 10.1 Å². The van der Waals surface area contributed by atoms with E-state index in [1.807, 2.05) is 6.07 Å². The fourth-order valence-corrected chi connectivity index (χ4v) is 4.55. The Labute approximate surface area is 171 Å². The second-order valence-corrected chi connectivity index (χ2v) is 8.89. The van der Waals surface area contributed by atoms with Crippen LogP contribution in [0.5, 0.6) is 0 Å². The van der Waals surface area contributed by atoms with Crippen molar-refractivity contribution in [1.29, 1.82) is 0 Å². The lowest BCUT2D eigenvalue weighted by Gasteiger charge is -2.26. The predicted octanol–water partition coefficient (Wildman–Crippen LogP) is 2.92. The quantitative estimate of drug-likeness (QED) is 0.688. The van der Waals surface area contributed by atoms with Crippen molar-refractivity contribution < 1.29 is 17.9 Å². The van der Waals surface area contributed by atoms with E-state index in [-0.39, 0.29) is 10.8 Å². The zero-order valence-electron chi connectivity index (χ0n) is 16.5. The van der Waals surface area contributed by atoms with Crippen LogP contribution in [0.15, 0.2) is 53.6 Å². The standard InChI is InChI=1S/C21H27N3O4S/c1-2-23-29(26,27)18-8-6-17(7-9-18)19(15-16-10-13-28-14-11-16)21(25)24-20-5-3-4-12-22-20/h3-9,12,16,19,23H,2,10-11,13-15H2,1H3,(H,22,24,25). The Hall–Kier alpha value is -2.29. The van der Waals surface area contributed by atoms with Crippen LogP contribution >= 0.6 is 0 Å². The van der Waals surface area contributed by atoms with Crippen LogP contribution in [0.1, 0.15) is 37.7 Å². The summed E-state index contributed by atoms with van der Waals surface area (Å²) in [5, 5.41) is 2.88. The van der Waals surface area contributed by atoms with E-state index < -0.39 is 15.9 Å². The third-order valence-corrected chi connectivity index (χ3v) is 6.63. The Bertz CT molecular complexity index is 895. The molecule has 1 aromatic carbocycles. The van der Waals surface area contributed by atoms with E-state index in [4.69, 9.17) is 4.74 Å². The molecule has 3 rings (SSSR count). The Morgan fingerprint density at radius 2 is 1.90 bits per heavy atom. The number of benzene rings is 1. The molecule has 7 nitrogen and oxygen atoms in total. The minimum absolute atomic E-state index is 0.141. The van der Waals surface area contributed by atoms with Crippen molar-refractivity contribution in [1.82, 2.24) is 9.71 Å². The number of rotatable bonds is 8. The second kappa shape index (κ2) is 9.96. The van der Waals surface area contributed by atoms with Gasteiger partial charge in [0, 0.05) is 26.0 Å². The van der Waals surface area contributed by atoms with Gasteiger partial charge in [0.05, 0.1) is 10.8 Å². The van der Waals surface area contributed by atoms with E-state index in [0.29, 0.717) is 37.9 Å². The van der Waals surface area contributed by atoms with Crippen molar-refractivity contribution in [2.75, 3.05) is 25.1 Å². The molecular formula is C21H27N3O4S. The van der Waals surface area contributed by atoms with Crippen molar-refractivity contribution in [3.8, 4) is 0 Å². The Kier molecular flexibility index (Phi) is 7.35. The molecule has 8 heteroatoms. The van der Waals surface area contributed by atoms with Gasteiger partial charge in [0.25, 0.3) is 0 Å². The van der Waals surface area contributed by atoms with E-state index >= 15 is 0 Å². The van der Waals surface area contributed by atoms with Crippen molar-refractivity contribution in [2.45, 2.75) is 37.0 Å². The molecule has 29 heavy (non-hydrogen) atoms. The molecular weight excluding hydrogens is 390 g/mol. The number of nitrogens with zero attached hydrogens (tertiary/aromatic N) is 1. The molecule has 1 fully saturated rings. The molecule has 1 amide bonds. The van der Waals surface area contributed by atoms with Crippen molar-refractivity contribution in [2.24, 2.45) is 5.92 Å². The molecule has 1 aromatic heterocycles. The zero-order valence-corrected chi connectivity index (χ0v) is 17.3. The van der Waals surface area contributed by atoms with Gasteiger partial charge in [-0.25, -0.2) is 18.1 Å². The number of carbonyl (C=O) groups is 1. The monoisotopic (exact) mass is 417 g/mol. The number of amides is 1. The molecule has 0 saturated carbocycles. The highest BCUT2D eigenvalue weighted by atomic mass is 32.2. The maximum absolute atomic E-state index is 13.1. The summed E-state index contributed by atoms with van der Waals surface area (Å²) in [6.07, 6.45) is 4.14. The highest BCUT2D eigenvalue weighted by molar-refractivity contribution is 7.89. The molecule has 1 aliphatic rings. The van der Waals surface area contributed by atoms with Crippen molar-refractivity contribution >= 4 is 21.7 Å². The number of nitrogens with one attached hydrogen (secondary N) is 2. The average molecular weight is 418 g/mol. The van der Waals surface area contributed by atoms with Crippen LogP contribution in [0.2, 0.25) is 0 Å². The molecule has 2 N–H and O–H groups in total. The summed E-state index contributed by atoms with van der Waals surface area (Å²) in [5.74, 6) is 0.350. The predicted molar refractivity (Wildman–Crippen MR) is 111 cm³/mol. The number of pyridine rings is 1. The number of carbonyl (C=O) groups excluding carboxylic acids is 1. The first-order chi connectivity index (χ1) is 14.0.